The van der Waals surface area contributed by atoms with Crippen molar-refractivity contribution in [3.05, 3.63) is 35.4 Å². The molecule has 0 aliphatic heterocycles. The number of thiol groups is 1. The molecule has 1 rings (SSSR count). The fourth-order valence-corrected chi connectivity index (χ4v) is 1.40. The van der Waals surface area contributed by atoms with Gasteiger partial charge in [-0.05, 0) is 11.1 Å². The lowest BCUT2D eigenvalue weighted by Gasteiger charge is -2.16. The van der Waals surface area contributed by atoms with E-state index >= 15 is 0 Å². The molecule has 0 saturated carbocycles. The van der Waals surface area contributed by atoms with Gasteiger partial charge in [0.2, 0.25) is 0 Å². The van der Waals surface area contributed by atoms with E-state index in [1.165, 1.54) is 0 Å². The zero-order valence-electron chi connectivity index (χ0n) is 7.67. The Kier molecular flexibility index (Phi) is 4.41. The Morgan fingerprint density at radius 2 is 2.00 bits per heavy atom. The molecule has 0 heterocycles. The molecule has 3 nitrogen and oxygen atoms in total. The van der Waals surface area contributed by atoms with Gasteiger partial charge in [-0.25, -0.2) is 0 Å². The fraction of sp³-hybridized carbons (Fsp3) is 0.400. The van der Waals surface area contributed by atoms with Crippen molar-refractivity contribution in [3.8, 4) is 0 Å². The first-order valence-corrected chi connectivity index (χ1v) is 4.99. The predicted molar refractivity (Wildman–Crippen MR) is 57.2 cm³/mol. The summed E-state index contributed by atoms with van der Waals surface area (Å²) < 4.78 is 0. The molecule has 0 spiro atoms. The number of hydrogen-bond acceptors (Lipinski definition) is 4. The van der Waals surface area contributed by atoms with Gasteiger partial charge in [0.15, 0.2) is 0 Å². The highest BCUT2D eigenvalue weighted by Gasteiger charge is 2.16. The van der Waals surface area contributed by atoms with Gasteiger partial charge in [-0.15, -0.1) is 0 Å². The van der Waals surface area contributed by atoms with Crippen LogP contribution in [0.25, 0.3) is 0 Å². The summed E-state index contributed by atoms with van der Waals surface area (Å²) in [4.78, 5) is 0. The summed E-state index contributed by atoms with van der Waals surface area (Å²) in [5, 5.41) is 27.9. The molecule has 2 unspecified atom stereocenters. The Balaban J connectivity index is 2.83. The number of rotatable bonds is 4. The van der Waals surface area contributed by atoms with E-state index in [4.69, 9.17) is 5.11 Å². The van der Waals surface area contributed by atoms with Gasteiger partial charge in [0.1, 0.15) is 6.10 Å². The van der Waals surface area contributed by atoms with Crippen LogP contribution in [0.4, 0.5) is 0 Å². The quantitative estimate of drug-likeness (QED) is 0.552. The second kappa shape index (κ2) is 5.36. The average molecular weight is 214 g/mol. The molecule has 1 aromatic carbocycles. The minimum absolute atomic E-state index is 0.0719. The second-order valence-electron chi connectivity index (χ2n) is 3.10. The molecule has 0 aromatic heterocycles. The molecule has 3 N–H and O–H groups in total. The summed E-state index contributed by atoms with van der Waals surface area (Å²) in [5.41, 5.74) is 1.31. The molecule has 4 heteroatoms. The highest BCUT2D eigenvalue weighted by molar-refractivity contribution is 7.80. The summed E-state index contributed by atoms with van der Waals surface area (Å²) in [6.45, 7) is -0.0719. The van der Waals surface area contributed by atoms with Gasteiger partial charge in [-0.1, -0.05) is 24.3 Å². The lowest BCUT2D eigenvalue weighted by molar-refractivity contribution is 0.0336. The molecular weight excluding hydrogens is 200 g/mol. The van der Waals surface area contributed by atoms with Gasteiger partial charge < -0.3 is 15.3 Å². The average Bonchev–Trinajstić information content (AvgIpc) is 2.27. The van der Waals surface area contributed by atoms with Crippen molar-refractivity contribution >= 4 is 12.6 Å². The molecule has 2 atom stereocenters. The zero-order chi connectivity index (χ0) is 10.6. The molecule has 0 aliphatic carbocycles. The minimum Gasteiger partial charge on any atom is -0.392 e. The fourth-order valence-electron chi connectivity index (χ4n) is 1.20. The van der Waals surface area contributed by atoms with E-state index in [0.29, 0.717) is 11.1 Å². The van der Waals surface area contributed by atoms with Crippen LogP contribution in [0.3, 0.4) is 0 Å². The van der Waals surface area contributed by atoms with Crippen LogP contribution >= 0.6 is 12.6 Å². The standard InChI is InChI=1S/C10H14O3S/c11-5-7-2-1-3-8(4-7)10(13)9(12)6-14/h1-4,9-14H,5-6H2. The maximum absolute atomic E-state index is 9.63. The molecule has 0 bridgehead atoms. The Morgan fingerprint density at radius 1 is 1.29 bits per heavy atom. The monoisotopic (exact) mass is 214 g/mol. The lowest BCUT2D eigenvalue weighted by atomic mass is 10.0. The van der Waals surface area contributed by atoms with Crippen molar-refractivity contribution in [1.29, 1.82) is 0 Å². The van der Waals surface area contributed by atoms with Crippen molar-refractivity contribution in [2.45, 2.75) is 18.8 Å². The molecule has 1 aromatic rings. The molecule has 0 aliphatic rings. The van der Waals surface area contributed by atoms with Crippen molar-refractivity contribution in [2.75, 3.05) is 5.75 Å². The van der Waals surface area contributed by atoms with E-state index in [-0.39, 0.29) is 12.4 Å². The van der Waals surface area contributed by atoms with Crippen LogP contribution in [0, 0.1) is 0 Å². The van der Waals surface area contributed by atoms with E-state index < -0.39 is 12.2 Å². The van der Waals surface area contributed by atoms with E-state index in [1.54, 1.807) is 24.3 Å². The first-order valence-electron chi connectivity index (χ1n) is 4.35. The summed E-state index contributed by atoms with van der Waals surface area (Å²) in [6, 6.07) is 6.85. The van der Waals surface area contributed by atoms with Crippen LogP contribution in [0.1, 0.15) is 17.2 Å². The number of aliphatic hydroxyl groups is 3. The molecular formula is C10H14O3S. The van der Waals surface area contributed by atoms with Crippen LogP contribution in [0.15, 0.2) is 24.3 Å². The summed E-state index contributed by atoms with van der Waals surface area (Å²) >= 11 is 3.89. The zero-order valence-corrected chi connectivity index (χ0v) is 8.56. The molecule has 0 fully saturated rings. The van der Waals surface area contributed by atoms with Gasteiger partial charge in [-0.3, -0.25) is 0 Å². The number of aliphatic hydroxyl groups excluding tert-OH is 3. The summed E-state index contributed by atoms with van der Waals surface area (Å²) in [7, 11) is 0. The van der Waals surface area contributed by atoms with Gasteiger partial charge in [-0.2, -0.15) is 12.6 Å². The SMILES string of the molecule is OCc1cccc(C(O)C(O)CS)c1. The maximum atomic E-state index is 9.63. The van der Waals surface area contributed by atoms with Crippen LogP contribution in [-0.4, -0.2) is 27.2 Å². The van der Waals surface area contributed by atoms with E-state index in [0.717, 1.165) is 0 Å². The van der Waals surface area contributed by atoms with Gasteiger partial charge in [0, 0.05) is 5.75 Å². The van der Waals surface area contributed by atoms with Gasteiger partial charge in [0.25, 0.3) is 0 Å². The lowest BCUT2D eigenvalue weighted by Crippen LogP contribution is -2.19. The third-order valence-corrected chi connectivity index (χ3v) is 2.40. The maximum Gasteiger partial charge on any atom is 0.106 e. The van der Waals surface area contributed by atoms with Gasteiger partial charge >= 0.3 is 0 Å². The van der Waals surface area contributed by atoms with Crippen LogP contribution < -0.4 is 0 Å². The predicted octanol–water partition coefficient (Wildman–Crippen LogP) is 0.503. The van der Waals surface area contributed by atoms with Crippen molar-refractivity contribution in [3.63, 3.8) is 0 Å². The van der Waals surface area contributed by atoms with Crippen LogP contribution in [0.5, 0.6) is 0 Å². The van der Waals surface area contributed by atoms with E-state index in [1.807, 2.05) is 0 Å². The van der Waals surface area contributed by atoms with E-state index in [2.05, 4.69) is 12.6 Å². The highest BCUT2D eigenvalue weighted by atomic mass is 32.1. The number of hydrogen-bond donors (Lipinski definition) is 4. The molecule has 78 valence electrons. The van der Waals surface area contributed by atoms with Crippen LogP contribution in [0.2, 0.25) is 0 Å². The topological polar surface area (TPSA) is 60.7 Å². The smallest absolute Gasteiger partial charge is 0.106 e. The highest BCUT2D eigenvalue weighted by Crippen LogP contribution is 2.18. The Labute approximate surface area is 88.4 Å². The van der Waals surface area contributed by atoms with Crippen LogP contribution in [-0.2, 0) is 6.61 Å². The van der Waals surface area contributed by atoms with Crippen molar-refractivity contribution in [2.24, 2.45) is 0 Å². The molecule has 0 amide bonds. The largest absolute Gasteiger partial charge is 0.392 e. The Hall–Kier alpha value is -0.550. The summed E-state index contributed by atoms with van der Waals surface area (Å²) in [5.74, 6) is 0.199. The van der Waals surface area contributed by atoms with Gasteiger partial charge in [0.05, 0.1) is 12.7 Å². The third-order valence-electron chi connectivity index (χ3n) is 2.03. The minimum atomic E-state index is -0.945. The van der Waals surface area contributed by atoms with Crippen molar-refractivity contribution in [1.82, 2.24) is 0 Å². The second-order valence-corrected chi connectivity index (χ2v) is 3.46. The van der Waals surface area contributed by atoms with E-state index in [9.17, 15) is 10.2 Å². The normalized spacial score (nSPS) is 15.1. The third kappa shape index (κ3) is 2.72. The Bertz CT molecular complexity index is 290. The first kappa shape index (κ1) is 11.5. The molecule has 14 heavy (non-hydrogen) atoms. The first-order chi connectivity index (χ1) is 6.69. The number of benzene rings is 1. The Morgan fingerprint density at radius 3 is 2.57 bits per heavy atom. The molecule has 0 radical (unpaired) electrons. The van der Waals surface area contributed by atoms with Crippen molar-refractivity contribution < 1.29 is 15.3 Å². The molecule has 0 saturated heterocycles. The summed E-state index contributed by atoms with van der Waals surface area (Å²) in [6.07, 6.45) is -1.83.